The van der Waals surface area contributed by atoms with Gasteiger partial charge in [0.2, 0.25) is 0 Å². The van der Waals surface area contributed by atoms with Crippen LogP contribution in [0.5, 0.6) is 0 Å². The Bertz CT molecular complexity index is 681. The lowest BCUT2D eigenvalue weighted by Crippen LogP contribution is -2.47. The number of aromatic nitrogens is 4. The number of fused-ring (bicyclic) bond motifs is 2. The predicted molar refractivity (Wildman–Crippen MR) is 82.9 cm³/mol. The van der Waals surface area contributed by atoms with Crippen molar-refractivity contribution in [1.29, 1.82) is 0 Å². The first-order valence-electron chi connectivity index (χ1n) is 7.76. The Hall–Kier alpha value is -1.76. The molecule has 1 amide bonds. The lowest BCUT2D eigenvalue weighted by Gasteiger charge is -2.38. The quantitative estimate of drug-likeness (QED) is 0.853. The minimum Gasteiger partial charge on any atom is -0.332 e. The van der Waals surface area contributed by atoms with Crippen LogP contribution in [0.25, 0.3) is 0 Å². The fraction of sp³-hybridized carbons (Fsp3) is 0.600. The van der Waals surface area contributed by atoms with Gasteiger partial charge in [-0.25, -0.2) is 4.98 Å². The standard InChI is InChI=1S/C15H19N5OS/c1-9-14(22-10(2)18-9)15(21)19-11-3-4-12(19)8-13(7-11)20-16-5-6-17-20/h5-6,11-13H,3-4,7-8H2,1-2H3. The fourth-order valence-electron chi connectivity index (χ4n) is 3.93. The summed E-state index contributed by atoms with van der Waals surface area (Å²) in [5, 5.41) is 9.51. The summed E-state index contributed by atoms with van der Waals surface area (Å²) in [6, 6.07) is 0.939. The molecule has 2 aliphatic rings. The van der Waals surface area contributed by atoms with Gasteiger partial charge in [-0.3, -0.25) is 4.79 Å². The molecule has 2 aliphatic heterocycles. The molecule has 2 fully saturated rings. The number of hydrogen-bond acceptors (Lipinski definition) is 5. The molecule has 0 aromatic carbocycles. The molecule has 2 aromatic heterocycles. The van der Waals surface area contributed by atoms with Gasteiger partial charge in [-0.05, 0) is 39.5 Å². The summed E-state index contributed by atoms with van der Waals surface area (Å²) in [4.78, 5) is 22.1. The van der Waals surface area contributed by atoms with Crippen molar-refractivity contribution in [3.05, 3.63) is 28.0 Å². The monoisotopic (exact) mass is 317 g/mol. The molecule has 0 saturated carbocycles. The van der Waals surface area contributed by atoms with E-state index in [1.165, 1.54) is 11.3 Å². The summed E-state index contributed by atoms with van der Waals surface area (Å²) in [6.07, 6.45) is 7.53. The number of carbonyl (C=O) groups is 1. The van der Waals surface area contributed by atoms with Gasteiger partial charge in [0.15, 0.2) is 0 Å². The van der Waals surface area contributed by atoms with E-state index >= 15 is 0 Å². The molecule has 2 unspecified atom stereocenters. The van der Waals surface area contributed by atoms with Crippen LogP contribution in [0.2, 0.25) is 0 Å². The molecule has 0 N–H and O–H groups in total. The minimum absolute atomic E-state index is 0.169. The number of piperidine rings is 1. The van der Waals surface area contributed by atoms with Gasteiger partial charge in [-0.2, -0.15) is 15.0 Å². The molecule has 6 nitrogen and oxygen atoms in total. The molecule has 0 radical (unpaired) electrons. The third kappa shape index (κ3) is 2.15. The number of thiazole rings is 1. The zero-order valence-corrected chi connectivity index (χ0v) is 13.6. The minimum atomic E-state index is 0.169. The molecular weight excluding hydrogens is 298 g/mol. The maximum absolute atomic E-state index is 12.9. The Balaban J connectivity index is 1.58. The highest BCUT2D eigenvalue weighted by atomic mass is 32.1. The molecule has 2 saturated heterocycles. The first-order chi connectivity index (χ1) is 10.6. The highest BCUT2D eigenvalue weighted by Crippen LogP contribution is 2.41. The average Bonchev–Trinajstić information content (AvgIpc) is 3.18. The molecule has 116 valence electrons. The van der Waals surface area contributed by atoms with Crippen LogP contribution < -0.4 is 0 Å². The van der Waals surface area contributed by atoms with E-state index in [1.54, 1.807) is 12.4 Å². The van der Waals surface area contributed by atoms with Crippen LogP contribution in [0.3, 0.4) is 0 Å². The smallest absolute Gasteiger partial charge is 0.266 e. The van der Waals surface area contributed by atoms with Crippen molar-refractivity contribution in [3.8, 4) is 0 Å². The van der Waals surface area contributed by atoms with E-state index < -0.39 is 0 Å². The number of nitrogens with zero attached hydrogens (tertiary/aromatic N) is 5. The van der Waals surface area contributed by atoms with Crippen molar-refractivity contribution in [2.45, 2.75) is 57.7 Å². The van der Waals surface area contributed by atoms with E-state index in [0.29, 0.717) is 18.1 Å². The van der Waals surface area contributed by atoms with E-state index in [0.717, 1.165) is 41.3 Å². The number of carbonyl (C=O) groups excluding carboxylic acids is 1. The van der Waals surface area contributed by atoms with Crippen molar-refractivity contribution in [3.63, 3.8) is 0 Å². The lowest BCUT2D eigenvalue weighted by molar-refractivity contribution is 0.0516. The van der Waals surface area contributed by atoms with Crippen LogP contribution in [0.15, 0.2) is 12.4 Å². The molecular formula is C15H19N5OS. The predicted octanol–water partition coefficient (Wildman–Crippen LogP) is 2.36. The van der Waals surface area contributed by atoms with Gasteiger partial charge in [0.25, 0.3) is 5.91 Å². The van der Waals surface area contributed by atoms with E-state index in [9.17, 15) is 4.79 Å². The SMILES string of the molecule is Cc1nc(C)c(C(=O)N2C3CCC2CC(n2nccn2)C3)s1. The largest absolute Gasteiger partial charge is 0.332 e. The van der Waals surface area contributed by atoms with Gasteiger partial charge in [-0.15, -0.1) is 11.3 Å². The first-order valence-corrected chi connectivity index (χ1v) is 8.57. The second-order valence-corrected chi connectivity index (χ2v) is 7.42. The van der Waals surface area contributed by atoms with Crippen molar-refractivity contribution in [2.24, 2.45) is 0 Å². The van der Waals surface area contributed by atoms with E-state index in [2.05, 4.69) is 20.1 Å². The van der Waals surface area contributed by atoms with Gasteiger partial charge in [-0.1, -0.05) is 0 Å². The van der Waals surface area contributed by atoms with Crippen molar-refractivity contribution in [2.75, 3.05) is 0 Å². The first kappa shape index (κ1) is 13.9. The van der Waals surface area contributed by atoms with Gasteiger partial charge >= 0.3 is 0 Å². The molecule has 2 atom stereocenters. The fourth-order valence-corrected chi connectivity index (χ4v) is 4.79. The van der Waals surface area contributed by atoms with Gasteiger partial charge in [0, 0.05) is 12.1 Å². The molecule has 7 heteroatoms. The van der Waals surface area contributed by atoms with Crippen molar-refractivity contribution in [1.82, 2.24) is 24.9 Å². The number of amides is 1. The Labute approximate surface area is 133 Å². The van der Waals surface area contributed by atoms with Crippen LogP contribution in [0.1, 0.15) is 52.1 Å². The highest BCUT2D eigenvalue weighted by molar-refractivity contribution is 7.13. The Morgan fingerprint density at radius 3 is 2.32 bits per heavy atom. The van der Waals surface area contributed by atoms with Crippen molar-refractivity contribution >= 4 is 17.2 Å². The van der Waals surface area contributed by atoms with Crippen LogP contribution >= 0.6 is 11.3 Å². The molecule has 4 heterocycles. The average molecular weight is 317 g/mol. The summed E-state index contributed by atoms with van der Waals surface area (Å²) in [5.74, 6) is 0.169. The Morgan fingerprint density at radius 1 is 1.14 bits per heavy atom. The maximum Gasteiger partial charge on any atom is 0.266 e. The van der Waals surface area contributed by atoms with Crippen molar-refractivity contribution < 1.29 is 4.79 Å². The lowest BCUT2D eigenvalue weighted by atomic mass is 9.97. The zero-order chi connectivity index (χ0) is 15.3. The van der Waals surface area contributed by atoms with Gasteiger partial charge in [0.1, 0.15) is 4.88 Å². The summed E-state index contributed by atoms with van der Waals surface area (Å²) in [5.41, 5.74) is 0.864. The van der Waals surface area contributed by atoms with Crippen LogP contribution in [-0.4, -0.2) is 42.9 Å². The maximum atomic E-state index is 12.9. The molecule has 0 spiro atoms. The van der Waals surface area contributed by atoms with E-state index in [-0.39, 0.29) is 5.91 Å². The zero-order valence-electron chi connectivity index (χ0n) is 12.8. The second kappa shape index (κ2) is 5.15. The van der Waals surface area contributed by atoms with Gasteiger partial charge in [0.05, 0.1) is 29.1 Å². The normalized spacial score (nSPS) is 27.4. The van der Waals surface area contributed by atoms with Crippen LogP contribution in [0.4, 0.5) is 0 Å². The summed E-state index contributed by atoms with van der Waals surface area (Å²) >= 11 is 1.51. The Kier molecular flexibility index (Phi) is 3.25. The number of aryl methyl sites for hydroxylation is 2. The highest BCUT2D eigenvalue weighted by Gasteiger charge is 2.45. The van der Waals surface area contributed by atoms with Crippen LogP contribution in [-0.2, 0) is 0 Å². The Morgan fingerprint density at radius 2 is 1.77 bits per heavy atom. The number of hydrogen-bond donors (Lipinski definition) is 0. The summed E-state index contributed by atoms with van der Waals surface area (Å²) in [7, 11) is 0. The van der Waals surface area contributed by atoms with Crippen LogP contribution in [0, 0.1) is 13.8 Å². The summed E-state index contributed by atoms with van der Waals surface area (Å²) in [6.45, 7) is 3.89. The molecule has 2 aromatic rings. The molecule has 2 bridgehead atoms. The third-order valence-corrected chi connectivity index (χ3v) is 5.86. The van der Waals surface area contributed by atoms with Gasteiger partial charge < -0.3 is 4.90 Å². The number of rotatable bonds is 2. The molecule has 22 heavy (non-hydrogen) atoms. The second-order valence-electron chi connectivity index (χ2n) is 6.22. The topological polar surface area (TPSA) is 63.9 Å². The molecule has 0 aliphatic carbocycles. The third-order valence-electron chi connectivity index (χ3n) is 4.80. The summed E-state index contributed by atoms with van der Waals surface area (Å²) < 4.78 is 0. The van der Waals surface area contributed by atoms with E-state index in [4.69, 9.17) is 0 Å². The van der Waals surface area contributed by atoms with E-state index in [1.807, 2.05) is 18.6 Å². The molecule has 4 rings (SSSR count).